The largest absolute Gasteiger partial charge is 0.314 e. The van der Waals surface area contributed by atoms with Crippen molar-refractivity contribution >= 4 is 0 Å². The molecule has 2 rings (SSSR count). The van der Waals surface area contributed by atoms with Gasteiger partial charge < -0.3 is 10.3 Å². The molecule has 1 fully saturated rings. The van der Waals surface area contributed by atoms with Crippen LogP contribution in [0.3, 0.4) is 0 Å². The average molecular weight is 236 g/mol. The van der Waals surface area contributed by atoms with Crippen molar-refractivity contribution in [3.8, 4) is 0 Å². The summed E-state index contributed by atoms with van der Waals surface area (Å²) in [6.07, 6.45) is 3.72. The Hall–Kier alpha value is -1.20. The third-order valence-corrected chi connectivity index (χ3v) is 3.16. The van der Waals surface area contributed by atoms with E-state index in [2.05, 4.69) is 27.1 Å². The zero-order valence-electron chi connectivity index (χ0n) is 10.3. The van der Waals surface area contributed by atoms with Gasteiger partial charge in [0.05, 0.1) is 6.04 Å². The van der Waals surface area contributed by atoms with E-state index in [4.69, 9.17) is 0 Å². The number of nitrogens with one attached hydrogen (secondary N) is 2. The maximum absolute atomic E-state index is 11.4. The van der Waals surface area contributed by atoms with Gasteiger partial charge in [-0.3, -0.25) is 9.69 Å². The van der Waals surface area contributed by atoms with Gasteiger partial charge in [0.2, 0.25) is 0 Å². The minimum Gasteiger partial charge on any atom is -0.314 e. The minimum absolute atomic E-state index is 0.0637. The second-order valence-corrected chi connectivity index (χ2v) is 4.41. The number of piperazine rings is 1. The first-order valence-corrected chi connectivity index (χ1v) is 6.31. The van der Waals surface area contributed by atoms with Gasteiger partial charge in [-0.2, -0.15) is 0 Å². The van der Waals surface area contributed by atoms with Gasteiger partial charge in [0.15, 0.2) is 0 Å². The highest BCUT2D eigenvalue weighted by atomic mass is 16.1. The second kappa shape index (κ2) is 5.93. The van der Waals surface area contributed by atoms with Crippen molar-refractivity contribution < 1.29 is 0 Å². The van der Waals surface area contributed by atoms with E-state index in [1.165, 1.54) is 6.07 Å². The number of hydrogen-bond donors (Lipinski definition) is 2. The molecule has 1 aromatic rings. The van der Waals surface area contributed by atoms with Crippen LogP contribution in [-0.2, 0) is 0 Å². The van der Waals surface area contributed by atoms with Gasteiger partial charge in [-0.05, 0) is 6.42 Å². The van der Waals surface area contributed by atoms with E-state index < -0.39 is 0 Å². The van der Waals surface area contributed by atoms with Gasteiger partial charge in [0.1, 0.15) is 5.82 Å². The van der Waals surface area contributed by atoms with Gasteiger partial charge in [0, 0.05) is 38.4 Å². The molecule has 17 heavy (non-hydrogen) atoms. The molecule has 2 N–H and O–H groups in total. The molecule has 1 unspecified atom stereocenters. The number of aromatic amines is 1. The van der Waals surface area contributed by atoms with Gasteiger partial charge in [-0.1, -0.05) is 13.3 Å². The van der Waals surface area contributed by atoms with E-state index in [0.717, 1.165) is 44.8 Å². The first kappa shape index (κ1) is 12.3. The van der Waals surface area contributed by atoms with Crippen LogP contribution in [0.2, 0.25) is 0 Å². The lowest BCUT2D eigenvalue weighted by Crippen LogP contribution is -2.45. The second-order valence-electron chi connectivity index (χ2n) is 4.41. The minimum atomic E-state index is -0.0637. The number of H-pyrrole nitrogens is 1. The van der Waals surface area contributed by atoms with Gasteiger partial charge >= 0.3 is 0 Å². The number of aromatic nitrogens is 2. The maximum atomic E-state index is 11.4. The third-order valence-electron chi connectivity index (χ3n) is 3.16. The summed E-state index contributed by atoms with van der Waals surface area (Å²) < 4.78 is 0. The molecular weight excluding hydrogens is 216 g/mol. The molecule has 1 saturated heterocycles. The summed E-state index contributed by atoms with van der Waals surface area (Å²) in [4.78, 5) is 20.9. The molecule has 1 aliphatic heterocycles. The molecule has 0 aliphatic carbocycles. The van der Waals surface area contributed by atoms with E-state index >= 15 is 0 Å². The smallest absolute Gasteiger partial charge is 0.250 e. The Morgan fingerprint density at radius 2 is 2.24 bits per heavy atom. The van der Waals surface area contributed by atoms with E-state index in [1.807, 2.05) is 0 Å². The number of nitrogens with zero attached hydrogens (tertiary/aromatic N) is 2. The van der Waals surface area contributed by atoms with Crippen molar-refractivity contribution in [3.63, 3.8) is 0 Å². The third kappa shape index (κ3) is 3.14. The molecule has 5 heteroatoms. The first-order valence-electron chi connectivity index (χ1n) is 6.31. The Labute approximate surface area is 101 Å². The number of rotatable bonds is 4. The van der Waals surface area contributed by atoms with Crippen LogP contribution in [-0.4, -0.2) is 41.0 Å². The predicted molar refractivity (Wildman–Crippen MR) is 66.9 cm³/mol. The van der Waals surface area contributed by atoms with E-state index in [-0.39, 0.29) is 11.6 Å². The highest BCUT2D eigenvalue weighted by Crippen LogP contribution is 2.21. The topological polar surface area (TPSA) is 61.0 Å². The highest BCUT2D eigenvalue weighted by Gasteiger charge is 2.22. The Kier molecular flexibility index (Phi) is 4.28. The summed E-state index contributed by atoms with van der Waals surface area (Å²) in [7, 11) is 0. The molecular formula is C12H20N4O. The highest BCUT2D eigenvalue weighted by molar-refractivity contribution is 4.97. The molecule has 0 amide bonds. The Bertz CT molecular complexity index is 397. The van der Waals surface area contributed by atoms with Crippen LogP contribution < -0.4 is 10.9 Å². The van der Waals surface area contributed by atoms with Crippen molar-refractivity contribution in [1.82, 2.24) is 20.2 Å². The monoisotopic (exact) mass is 236 g/mol. The van der Waals surface area contributed by atoms with E-state index in [0.29, 0.717) is 0 Å². The molecule has 0 aromatic carbocycles. The molecule has 0 bridgehead atoms. The molecule has 1 atom stereocenters. The summed E-state index contributed by atoms with van der Waals surface area (Å²) >= 11 is 0. The first-order chi connectivity index (χ1) is 8.31. The lowest BCUT2D eigenvalue weighted by Gasteiger charge is -2.34. The summed E-state index contributed by atoms with van der Waals surface area (Å²) in [5, 5.41) is 3.34. The fraction of sp³-hybridized carbons (Fsp3) is 0.667. The van der Waals surface area contributed by atoms with Gasteiger partial charge in [-0.15, -0.1) is 0 Å². The zero-order chi connectivity index (χ0) is 12.1. The van der Waals surface area contributed by atoms with Crippen LogP contribution in [0.4, 0.5) is 0 Å². The van der Waals surface area contributed by atoms with Crippen molar-refractivity contribution in [2.75, 3.05) is 26.2 Å². The fourth-order valence-corrected chi connectivity index (χ4v) is 2.31. The lowest BCUT2D eigenvalue weighted by molar-refractivity contribution is 0.158. The summed E-state index contributed by atoms with van der Waals surface area (Å²) in [6, 6.07) is 1.71. The molecule has 1 aliphatic rings. The SMILES string of the molecule is CCCC(c1nccc(=O)[nH]1)N1CCNCC1. The lowest BCUT2D eigenvalue weighted by atomic mass is 10.1. The van der Waals surface area contributed by atoms with Crippen molar-refractivity contribution in [3.05, 3.63) is 28.4 Å². The van der Waals surface area contributed by atoms with Crippen molar-refractivity contribution in [1.29, 1.82) is 0 Å². The molecule has 5 nitrogen and oxygen atoms in total. The molecule has 0 spiro atoms. The quantitative estimate of drug-likeness (QED) is 0.800. The fourth-order valence-electron chi connectivity index (χ4n) is 2.31. The standard InChI is InChI=1S/C12H20N4O/c1-2-3-10(16-8-6-13-7-9-16)12-14-5-4-11(17)15-12/h4-5,10,13H,2-3,6-9H2,1H3,(H,14,15,17). The Morgan fingerprint density at radius 1 is 1.47 bits per heavy atom. The molecule has 94 valence electrons. The molecule has 0 saturated carbocycles. The van der Waals surface area contributed by atoms with E-state index in [9.17, 15) is 4.79 Å². The van der Waals surface area contributed by atoms with Crippen molar-refractivity contribution in [2.45, 2.75) is 25.8 Å². The van der Waals surface area contributed by atoms with Crippen molar-refractivity contribution in [2.24, 2.45) is 0 Å². The van der Waals surface area contributed by atoms with Gasteiger partial charge in [0.25, 0.3) is 5.56 Å². The molecule has 0 radical (unpaired) electrons. The van der Waals surface area contributed by atoms with Crippen LogP contribution in [0.1, 0.15) is 31.6 Å². The normalized spacial score (nSPS) is 19.1. The molecule has 2 heterocycles. The average Bonchev–Trinajstić information content (AvgIpc) is 2.37. The zero-order valence-corrected chi connectivity index (χ0v) is 10.3. The summed E-state index contributed by atoms with van der Waals surface area (Å²) in [6.45, 7) is 6.22. The number of hydrogen-bond acceptors (Lipinski definition) is 4. The molecule has 1 aromatic heterocycles. The van der Waals surface area contributed by atoms with Gasteiger partial charge in [-0.25, -0.2) is 4.98 Å². The van der Waals surface area contributed by atoms with E-state index in [1.54, 1.807) is 6.20 Å². The maximum Gasteiger partial charge on any atom is 0.250 e. The summed E-state index contributed by atoms with van der Waals surface area (Å²) in [5.41, 5.74) is -0.0637. The van der Waals surface area contributed by atoms with Crippen LogP contribution >= 0.6 is 0 Å². The predicted octanol–water partition coefficient (Wildman–Crippen LogP) is 0.516. The Balaban J connectivity index is 2.18. The summed E-state index contributed by atoms with van der Waals surface area (Å²) in [5.74, 6) is 0.807. The van der Waals surface area contributed by atoms with Crippen LogP contribution in [0.25, 0.3) is 0 Å². The van der Waals surface area contributed by atoms with Crippen LogP contribution in [0.5, 0.6) is 0 Å². The van der Waals surface area contributed by atoms with Crippen LogP contribution in [0, 0.1) is 0 Å². The van der Waals surface area contributed by atoms with Crippen LogP contribution in [0.15, 0.2) is 17.1 Å². The Morgan fingerprint density at radius 3 is 2.88 bits per heavy atom.